The zero-order valence-corrected chi connectivity index (χ0v) is 13.7. The lowest BCUT2D eigenvalue weighted by Crippen LogP contribution is -2.18. The minimum absolute atomic E-state index is 0.442. The number of nitrogens with one attached hydrogen (secondary N) is 1. The fraction of sp³-hybridized carbons (Fsp3) is 0.647. The van der Waals surface area contributed by atoms with E-state index in [0.29, 0.717) is 18.1 Å². The van der Waals surface area contributed by atoms with Crippen molar-refractivity contribution in [2.24, 2.45) is 5.92 Å². The molecular weight excluding hydrogens is 266 g/mol. The summed E-state index contributed by atoms with van der Waals surface area (Å²) in [5.41, 5.74) is 1.37. The van der Waals surface area contributed by atoms with Crippen LogP contribution in [0, 0.1) is 5.92 Å². The SMILES string of the molecule is CC(C)CNCc1cccc(SCC2CCC(C)O2)c1. The molecule has 3 heteroatoms. The van der Waals surface area contributed by atoms with Crippen LogP contribution in [0.4, 0.5) is 0 Å². The quantitative estimate of drug-likeness (QED) is 0.765. The van der Waals surface area contributed by atoms with Crippen LogP contribution in [-0.4, -0.2) is 24.5 Å². The van der Waals surface area contributed by atoms with Gasteiger partial charge in [0.2, 0.25) is 0 Å². The third-order valence-corrected chi connectivity index (χ3v) is 4.66. The molecule has 1 aromatic rings. The Morgan fingerprint density at radius 3 is 2.90 bits per heavy atom. The van der Waals surface area contributed by atoms with Gasteiger partial charge in [0.15, 0.2) is 0 Å². The van der Waals surface area contributed by atoms with Crippen molar-refractivity contribution >= 4 is 11.8 Å². The first-order valence-corrected chi connectivity index (χ1v) is 8.70. The zero-order chi connectivity index (χ0) is 14.4. The molecule has 0 saturated carbocycles. The third-order valence-electron chi connectivity index (χ3n) is 3.54. The maximum atomic E-state index is 5.87. The lowest BCUT2D eigenvalue weighted by Gasteiger charge is -2.12. The highest BCUT2D eigenvalue weighted by molar-refractivity contribution is 7.99. The Morgan fingerprint density at radius 1 is 1.35 bits per heavy atom. The van der Waals surface area contributed by atoms with Crippen LogP contribution >= 0.6 is 11.8 Å². The monoisotopic (exact) mass is 293 g/mol. The number of benzene rings is 1. The molecule has 0 aromatic heterocycles. The molecule has 0 radical (unpaired) electrons. The second kappa shape index (κ2) is 8.06. The molecule has 1 N–H and O–H groups in total. The maximum Gasteiger partial charge on any atom is 0.0673 e. The lowest BCUT2D eigenvalue weighted by molar-refractivity contribution is 0.0700. The summed E-state index contributed by atoms with van der Waals surface area (Å²) in [6.45, 7) is 8.68. The van der Waals surface area contributed by atoms with Gasteiger partial charge in [-0.1, -0.05) is 26.0 Å². The minimum atomic E-state index is 0.442. The summed E-state index contributed by atoms with van der Waals surface area (Å²) in [7, 11) is 0. The lowest BCUT2D eigenvalue weighted by atomic mass is 10.2. The molecule has 2 unspecified atom stereocenters. The van der Waals surface area contributed by atoms with Crippen LogP contribution < -0.4 is 5.32 Å². The van der Waals surface area contributed by atoms with Gasteiger partial charge in [-0.05, 0) is 49.9 Å². The predicted molar refractivity (Wildman–Crippen MR) is 87.3 cm³/mol. The van der Waals surface area contributed by atoms with Crippen molar-refractivity contribution in [3.8, 4) is 0 Å². The van der Waals surface area contributed by atoms with Crippen molar-refractivity contribution in [3.05, 3.63) is 29.8 Å². The Hall–Kier alpha value is -0.510. The molecule has 1 fully saturated rings. The standard InChI is InChI=1S/C17H27NOS/c1-13(2)10-18-11-15-5-4-6-17(9-15)20-12-16-8-7-14(3)19-16/h4-6,9,13-14,16,18H,7-8,10-12H2,1-3H3. The highest BCUT2D eigenvalue weighted by Crippen LogP contribution is 2.26. The summed E-state index contributed by atoms with van der Waals surface area (Å²) >= 11 is 1.92. The van der Waals surface area contributed by atoms with Gasteiger partial charge >= 0.3 is 0 Å². The van der Waals surface area contributed by atoms with E-state index in [9.17, 15) is 0 Å². The van der Waals surface area contributed by atoms with Gasteiger partial charge in [0.25, 0.3) is 0 Å². The average Bonchev–Trinajstić information content (AvgIpc) is 2.82. The molecule has 2 rings (SSSR count). The molecule has 0 amide bonds. The first kappa shape index (κ1) is 15.9. The molecule has 1 aliphatic rings. The van der Waals surface area contributed by atoms with Gasteiger partial charge in [0, 0.05) is 17.2 Å². The van der Waals surface area contributed by atoms with Crippen LogP contribution in [0.25, 0.3) is 0 Å². The molecule has 0 spiro atoms. The second-order valence-electron chi connectivity index (χ2n) is 6.13. The van der Waals surface area contributed by atoms with Gasteiger partial charge in [-0.2, -0.15) is 0 Å². The summed E-state index contributed by atoms with van der Waals surface area (Å²) in [4.78, 5) is 1.36. The molecule has 1 aliphatic heterocycles. The highest BCUT2D eigenvalue weighted by Gasteiger charge is 2.21. The Balaban J connectivity index is 1.77. The second-order valence-corrected chi connectivity index (χ2v) is 7.22. The first-order chi connectivity index (χ1) is 9.63. The number of ether oxygens (including phenoxy) is 1. The maximum absolute atomic E-state index is 5.87. The van der Waals surface area contributed by atoms with Crippen LogP contribution in [0.2, 0.25) is 0 Å². The van der Waals surface area contributed by atoms with Gasteiger partial charge in [0.05, 0.1) is 12.2 Å². The Morgan fingerprint density at radius 2 is 2.20 bits per heavy atom. The van der Waals surface area contributed by atoms with Crippen molar-refractivity contribution in [1.82, 2.24) is 5.32 Å². The zero-order valence-electron chi connectivity index (χ0n) is 12.9. The van der Waals surface area contributed by atoms with Gasteiger partial charge in [-0.15, -0.1) is 11.8 Å². The van der Waals surface area contributed by atoms with Crippen molar-refractivity contribution in [1.29, 1.82) is 0 Å². The summed E-state index contributed by atoms with van der Waals surface area (Å²) in [5, 5.41) is 3.50. The van der Waals surface area contributed by atoms with Crippen LogP contribution in [0.1, 0.15) is 39.2 Å². The van der Waals surface area contributed by atoms with E-state index in [1.54, 1.807) is 0 Å². The van der Waals surface area contributed by atoms with E-state index >= 15 is 0 Å². The number of rotatable bonds is 7. The van der Waals surface area contributed by atoms with E-state index in [-0.39, 0.29) is 0 Å². The van der Waals surface area contributed by atoms with E-state index < -0.39 is 0 Å². The fourth-order valence-corrected chi connectivity index (χ4v) is 3.48. The molecule has 1 heterocycles. The average molecular weight is 293 g/mol. The van der Waals surface area contributed by atoms with Gasteiger partial charge in [-0.25, -0.2) is 0 Å². The van der Waals surface area contributed by atoms with Gasteiger partial charge in [-0.3, -0.25) is 0 Å². The Labute approximate surface area is 127 Å². The molecule has 0 bridgehead atoms. The van der Waals surface area contributed by atoms with Crippen LogP contribution in [-0.2, 0) is 11.3 Å². The topological polar surface area (TPSA) is 21.3 Å². The van der Waals surface area contributed by atoms with Crippen molar-refractivity contribution in [3.63, 3.8) is 0 Å². The molecule has 1 saturated heterocycles. The van der Waals surface area contributed by atoms with Crippen LogP contribution in [0.5, 0.6) is 0 Å². The number of thioether (sulfide) groups is 1. The highest BCUT2D eigenvalue weighted by atomic mass is 32.2. The largest absolute Gasteiger partial charge is 0.374 e. The number of hydrogen-bond donors (Lipinski definition) is 1. The van der Waals surface area contributed by atoms with Crippen LogP contribution in [0.3, 0.4) is 0 Å². The Bertz CT molecular complexity index is 408. The van der Waals surface area contributed by atoms with Crippen molar-refractivity contribution in [2.75, 3.05) is 12.3 Å². The van der Waals surface area contributed by atoms with E-state index in [1.165, 1.54) is 23.3 Å². The van der Waals surface area contributed by atoms with E-state index in [4.69, 9.17) is 4.74 Å². The normalized spacial score (nSPS) is 22.6. The van der Waals surface area contributed by atoms with Crippen molar-refractivity contribution < 1.29 is 4.74 Å². The summed E-state index contributed by atoms with van der Waals surface area (Å²) < 4.78 is 5.87. The van der Waals surface area contributed by atoms with Gasteiger partial charge in [0.1, 0.15) is 0 Å². The van der Waals surface area contributed by atoms with E-state index in [1.807, 2.05) is 11.8 Å². The first-order valence-electron chi connectivity index (χ1n) is 7.71. The predicted octanol–water partition coefficient (Wildman–Crippen LogP) is 4.09. The summed E-state index contributed by atoms with van der Waals surface area (Å²) in [5.74, 6) is 1.78. The van der Waals surface area contributed by atoms with E-state index in [0.717, 1.165) is 18.8 Å². The van der Waals surface area contributed by atoms with Gasteiger partial charge < -0.3 is 10.1 Å². The molecule has 2 atom stereocenters. The molecule has 112 valence electrons. The molecule has 1 aromatic carbocycles. The van der Waals surface area contributed by atoms with Crippen LogP contribution in [0.15, 0.2) is 29.2 Å². The molecule has 2 nitrogen and oxygen atoms in total. The third kappa shape index (κ3) is 5.47. The minimum Gasteiger partial charge on any atom is -0.374 e. The molecular formula is C17H27NOS. The molecule has 20 heavy (non-hydrogen) atoms. The Kier molecular flexibility index (Phi) is 6.40. The number of hydrogen-bond acceptors (Lipinski definition) is 3. The van der Waals surface area contributed by atoms with E-state index in [2.05, 4.69) is 50.4 Å². The van der Waals surface area contributed by atoms with Crippen molar-refractivity contribution in [2.45, 2.75) is 57.3 Å². The smallest absolute Gasteiger partial charge is 0.0673 e. The summed E-state index contributed by atoms with van der Waals surface area (Å²) in [6, 6.07) is 8.86. The summed E-state index contributed by atoms with van der Waals surface area (Å²) in [6.07, 6.45) is 3.32. The fourth-order valence-electron chi connectivity index (χ4n) is 2.45. The molecule has 0 aliphatic carbocycles.